The van der Waals surface area contributed by atoms with E-state index in [9.17, 15) is 24.3 Å². The van der Waals surface area contributed by atoms with Crippen LogP contribution in [0, 0.1) is 0 Å². The van der Waals surface area contributed by atoms with E-state index in [1.54, 1.807) is 30.5 Å². The highest BCUT2D eigenvalue weighted by atomic mass is 16.5. The quantitative estimate of drug-likeness (QED) is 0.100. The maximum absolute atomic E-state index is 12.3. The van der Waals surface area contributed by atoms with Crippen LogP contribution in [0.3, 0.4) is 0 Å². The van der Waals surface area contributed by atoms with Crippen molar-refractivity contribution in [2.24, 2.45) is 0 Å². The first-order valence-electron chi connectivity index (χ1n) is 14.3. The van der Waals surface area contributed by atoms with Crippen LogP contribution < -0.4 is 14.8 Å². The molecule has 0 aromatic heterocycles. The summed E-state index contributed by atoms with van der Waals surface area (Å²) >= 11 is 0. The molecule has 0 unspecified atom stereocenters. The van der Waals surface area contributed by atoms with Gasteiger partial charge in [0, 0.05) is 55.1 Å². The first-order valence-corrected chi connectivity index (χ1v) is 14.3. The Morgan fingerprint density at radius 3 is 2.11 bits per heavy atom. The molecule has 0 saturated carbocycles. The zero-order chi connectivity index (χ0) is 32.5. The van der Waals surface area contributed by atoms with E-state index < -0.39 is 17.9 Å². The number of carbonyl (C=O) groups is 4. The molecule has 0 spiro atoms. The molecule has 1 aliphatic carbocycles. The summed E-state index contributed by atoms with van der Waals surface area (Å²) in [5, 5.41) is 11.5. The number of carboxylic acids is 1. The lowest BCUT2D eigenvalue weighted by Crippen LogP contribution is -2.36. The molecular formula is C34H35N2O9+. The minimum absolute atomic E-state index is 0.119. The molecule has 234 valence electrons. The predicted molar refractivity (Wildman–Crippen MR) is 168 cm³/mol. The predicted octanol–water partition coefficient (Wildman–Crippen LogP) is 4.31. The molecule has 0 radical (unpaired) electrons. The van der Waals surface area contributed by atoms with E-state index in [0.717, 1.165) is 5.69 Å². The molecule has 0 amide bonds. The number of carbonyl (C=O) groups excluding carboxylic acids is 3. The molecule has 0 bridgehead atoms. The zero-order valence-electron chi connectivity index (χ0n) is 25.4. The smallest absolute Gasteiger partial charge is 0.336 e. The van der Waals surface area contributed by atoms with Crippen LogP contribution in [-0.4, -0.2) is 68.4 Å². The summed E-state index contributed by atoms with van der Waals surface area (Å²) in [6.07, 6.45) is 1.62. The van der Waals surface area contributed by atoms with Crippen molar-refractivity contribution in [1.29, 1.82) is 0 Å². The third-order valence-electron chi connectivity index (χ3n) is 7.00. The number of ether oxygens (including phenoxy) is 3. The van der Waals surface area contributed by atoms with Crippen molar-refractivity contribution in [3.05, 3.63) is 84.4 Å². The Labute approximate surface area is 259 Å². The van der Waals surface area contributed by atoms with E-state index in [0.29, 0.717) is 58.4 Å². The summed E-state index contributed by atoms with van der Waals surface area (Å²) in [7, 11) is 0. The highest BCUT2D eigenvalue weighted by molar-refractivity contribution is 6.07. The van der Waals surface area contributed by atoms with Gasteiger partial charge in [-0.3, -0.25) is 14.4 Å². The monoisotopic (exact) mass is 615 g/mol. The summed E-state index contributed by atoms with van der Waals surface area (Å²) in [6, 6.07) is 17.9. The summed E-state index contributed by atoms with van der Waals surface area (Å²) in [4.78, 5) is 48.2. The normalized spacial score (nSPS) is 10.7. The van der Waals surface area contributed by atoms with Gasteiger partial charge in [0.1, 0.15) is 31.2 Å². The second-order valence-electron chi connectivity index (χ2n) is 10.1. The van der Waals surface area contributed by atoms with Gasteiger partial charge in [-0.15, -0.1) is 0 Å². The molecule has 2 aliphatic rings. The summed E-state index contributed by atoms with van der Waals surface area (Å²) in [5.41, 5.74) is 3.23. The number of fused-ring (bicyclic) bond motifs is 2. The number of nitrogens with zero attached hydrogens (tertiary/aromatic N) is 2. The Kier molecular flexibility index (Phi) is 10.7. The number of benzene rings is 3. The lowest BCUT2D eigenvalue weighted by Gasteiger charge is -2.22. The van der Waals surface area contributed by atoms with Gasteiger partial charge < -0.3 is 28.6 Å². The van der Waals surface area contributed by atoms with Crippen molar-refractivity contribution in [2.75, 3.05) is 44.4 Å². The van der Waals surface area contributed by atoms with Crippen molar-refractivity contribution in [1.82, 2.24) is 4.58 Å². The summed E-state index contributed by atoms with van der Waals surface area (Å²) in [5.74, 6) is -1.79. The van der Waals surface area contributed by atoms with E-state index in [1.165, 1.54) is 20.8 Å². The van der Waals surface area contributed by atoms with Gasteiger partial charge in [0.25, 0.3) is 0 Å². The van der Waals surface area contributed by atoms with Crippen LogP contribution >= 0.6 is 0 Å². The van der Waals surface area contributed by atoms with Crippen LogP contribution in [0.15, 0.2) is 77.9 Å². The lowest BCUT2D eigenvalue weighted by molar-refractivity contribution is -0.142. The van der Waals surface area contributed by atoms with Crippen LogP contribution in [0.1, 0.15) is 31.1 Å². The van der Waals surface area contributed by atoms with Gasteiger partial charge in [-0.05, 0) is 36.0 Å². The number of hydrogen-bond donors (Lipinski definition) is 1. The average molecular weight is 616 g/mol. The molecule has 0 fully saturated rings. The number of hydrogen-bond acceptors (Lipinski definition) is 9. The van der Waals surface area contributed by atoms with E-state index in [1.807, 2.05) is 45.9 Å². The molecule has 11 heteroatoms. The maximum Gasteiger partial charge on any atom is 0.336 e. The fourth-order valence-corrected chi connectivity index (χ4v) is 5.00. The molecule has 11 nitrogen and oxygen atoms in total. The number of esters is 3. The van der Waals surface area contributed by atoms with Crippen molar-refractivity contribution in [2.45, 2.75) is 20.8 Å². The third-order valence-corrected chi connectivity index (χ3v) is 7.00. The van der Waals surface area contributed by atoms with Gasteiger partial charge in [-0.2, -0.15) is 0 Å². The minimum Gasteiger partial charge on any atom is -0.478 e. The minimum atomic E-state index is -1.06. The van der Waals surface area contributed by atoms with Crippen LogP contribution in [0.2, 0.25) is 0 Å². The van der Waals surface area contributed by atoms with Crippen LogP contribution in [0.4, 0.5) is 5.69 Å². The third kappa shape index (κ3) is 8.14. The van der Waals surface area contributed by atoms with Crippen LogP contribution in [0.25, 0.3) is 33.4 Å². The number of carboxylic acid groups (broad SMARTS) is 1. The first kappa shape index (κ1) is 32.5. The molecule has 1 N–H and O–H groups in total. The number of rotatable bonds is 13. The van der Waals surface area contributed by atoms with E-state index in [2.05, 4.69) is 6.58 Å². The Hall–Kier alpha value is -5.45. The topological polar surface area (TPSA) is 136 Å². The van der Waals surface area contributed by atoms with Gasteiger partial charge in [0.15, 0.2) is 13.1 Å². The molecule has 4 rings (SSSR count). The fraction of sp³-hybridized carbons (Fsp3) is 0.265. The van der Waals surface area contributed by atoms with E-state index in [4.69, 9.17) is 18.6 Å². The molecular weight excluding hydrogens is 580 g/mol. The van der Waals surface area contributed by atoms with Crippen LogP contribution in [-0.2, 0) is 28.6 Å². The number of anilines is 1. The summed E-state index contributed by atoms with van der Waals surface area (Å²) < 4.78 is 23.8. The zero-order valence-corrected chi connectivity index (χ0v) is 25.4. The standard InChI is InChI=1S/C34H34N2O9/c1-5-35(14-17-42-22(2)37)25-10-12-29-31(20-25)45-32-21-26(36(15-18-43-23(3)38)16-19-44-24(4)39)11-13-30(32)33(29)27-8-6-7-9-28(27)34(40)41/h5-13,20-21H,1,14-19H2,2-4H3/p+1. The Morgan fingerprint density at radius 2 is 1.49 bits per heavy atom. The highest BCUT2D eigenvalue weighted by Crippen LogP contribution is 2.42. The molecule has 0 atom stereocenters. The van der Waals surface area contributed by atoms with E-state index >= 15 is 0 Å². The Balaban J connectivity index is 1.95. The van der Waals surface area contributed by atoms with Gasteiger partial charge in [-0.25, -0.2) is 9.37 Å². The molecule has 2 aromatic carbocycles. The van der Waals surface area contributed by atoms with Gasteiger partial charge in [-0.1, -0.05) is 24.8 Å². The molecule has 1 heterocycles. The Bertz CT molecular complexity index is 1770. The fourth-order valence-electron chi connectivity index (χ4n) is 5.00. The van der Waals surface area contributed by atoms with Crippen molar-refractivity contribution in [3.8, 4) is 22.5 Å². The van der Waals surface area contributed by atoms with Crippen LogP contribution in [0.5, 0.6) is 0 Å². The lowest BCUT2D eigenvalue weighted by atomic mass is 9.90. The first-order chi connectivity index (χ1) is 21.6. The molecule has 1 aliphatic heterocycles. The second-order valence-corrected chi connectivity index (χ2v) is 10.1. The second kappa shape index (κ2) is 14.8. The molecule has 0 saturated heterocycles. The largest absolute Gasteiger partial charge is 0.478 e. The Morgan fingerprint density at radius 1 is 0.844 bits per heavy atom. The van der Waals surface area contributed by atoms with Crippen molar-refractivity contribution >= 4 is 40.5 Å². The van der Waals surface area contributed by atoms with Crippen molar-refractivity contribution < 1.29 is 42.9 Å². The molecule has 45 heavy (non-hydrogen) atoms. The van der Waals surface area contributed by atoms with Gasteiger partial charge in [0.05, 0.1) is 18.2 Å². The van der Waals surface area contributed by atoms with Gasteiger partial charge in [0.2, 0.25) is 5.36 Å². The van der Waals surface area contributed by atoms with Crippen molar-refractivity contribution in [3.63, 3.8) is 0 Å². The average Bonchev–Trinajstić information content (AvgIpc) is 3.00. The SMILES string of the molecule is C=CN(CCOC(C)=O)c1ccc2c(-c3ccccc3C(=O)O)c3ccc(=[N+](CCOC(C)=O)CCOC(C)=O)cc-3oc2c1. The molecule has 2 aromatic rings. The summed E-state index contributed by atoms with van der Waals surface area (Å²) in [6.45, 7) is 9.31. The maximum atomic E-state index is 12.3. The number of aromatic carboxylic acids is 1. The van der Waals surface area contributed by atoms with Gasteiger partial charge >= 0.3 is 23.9 Å². The highest BCUT2D eigenvalue weighted by Gasteiger charge is 2.23. The van der Waals surface area contributed by atoms with E-state index in [-0.39, 0.29) is 31.4 Å².